The molecule has 1 aliphatic heterocycles. The summed E-state index contributed by atoms with van der Waals surface area (Å²) in [6, 6.07) is -0.188. The zero-order valence-electron chi connectivity index (χ0n) is 6.53. The Morgan fingerprint density at radius 2 is 2.36 bits per heavy atom. The van der Waals surface area contributed by atoms with Crippen LogP contribution in [0.25, 0.3) is 0 Å². The van der Waals surface area contributed by atoms with Crippen LogP contribution in [0.5, 0.6) is 0 Å². The lowest BCUT2D eigenvalue weighted by Gasteiger charge is -2.23. The van der Waals surface area contributed by atoms with Crippen LogP contribution in [0, 0.1) is 0 Å². The van der Waals surface area contributed by atoms with Gasteiger partial charge in [-0.05, 0) is 19.8 Å². The molecule has 1 saturated heterocycles. The van der Waals surface area contributed by atoms with E-state index in [1.54, 1.807) is 6.92 Å². The van der Waals surface area contributed by atoms with Crippen LogP contribution in [-0.2, 0) is 0 Å². The lowest BCUT2D eigenvalue weighted by molar-refractivity contribution is 0.0782. The molecule has 0 unspecified atom stereocenters. The molecule has 0 aromatic carbocycles. The van der Waals surface area contributed by atoms with Crippen molar-refractivity contribution in [2.45, 2.75) is 31.9 Å². The summed E-state index contributed by atoms with van der Waals surface area (Å²) in [5.74, 6) is 0. The van der Waals surface area contributed by atoms with Crippen molar-refractivity contribution >= 4 is 6.09 Å². The molecule has 0 aliphatic carbocycles. The second kappa shape index (κ2) is 3.09. The highest BCUT2D eigenvalue weighted by Gasteiger charge is 2.31. The molecule has 1 fully saturated rings. The number of hydrogen-bond donors (Lipinski definition) is 2. The average molecular weight is 159 g/mol. The van der Waals surface area contributed by atoms with Gasteiger partial charge in [-0.2, -0.15) is 0 Å². The quantitative estimate of drug-likeness (QED) is 0.586. The van der Waals surface area contributed by atoms with E-state index in [1.165, 1.54) is 4.90 Å². The van der Waals surface area contributed by atoms with Crippen molar-refractivity contribution in [1.82, 2.24) is 4.90 Å². The van der Waals surface area contributed by atoms with Crippen LogP contribution in [-0.4, -0.2) is 39.9 Å². The van der Waals surface area contributed by atoms with E-state index in [1.807, 2.05) is 0 Å². The third-order valence-corrected chi connectivity index (χ3v) is 2.10. The summed E-state index contributed by atoms with van der Waals surface area (Å²) in [5, 5.41) is 17.8. The number of amides is 1. The fourth-order valence-electron chi connectivity index (χ4n) is 1.53. The first kappa shape index (κ1) is 8.33. The average Bonchev–Trinajstić information content (AvgIpc) is 2.32. The molecule has 0 bridgehead atoms. The molecule has 11 heavy (non-hydrogen) atoms. The van der Waals surface area contributed by atoms with Crippen molar-refractivity contribution in [2.24, 2.45) is 0 Å². The maximum absolute atomic E-state index is 10.5. The van der Waals surface area contributed by atoms with E-state index in [9.17, 15) is 4.79 Å². The maximum Gasteiger partial charge on any atom is 0.407 e. The number of hydrogen-bond acceptors (Lipinski definition) is 2. The van der Waals surface area contributed by atoms with Gasteiger partial charge in [0.1, 0.15) is 0 Å². The van der Waals surface area contributed by atoms with Gasteiger partial charge in [-0.15, -0.1) is 0 Å². The highest BCUT2D eigenvalue weighted by Crippen LogP contribution is 2.19. The Bertz CT molecular complexity index is 158. The zero-order chi connectivity index (χ0) is 8.43. The third kappa shape index (κ3) is 1.63. The summed E-state index contributed by atoms with van der Waals surface area (Å²) in [5.41, 5.74) is 0. The summed E-state index contributed by atoms with van der Waals surface area (Å²) in [4.78, 5) is 11.8. The van der Waals surface area contributed by atoms with Crippen LogP contribution in [0.4, 0.5) is 4.79 Å². The zero-order valence-corrected chi connectivity index (χ0v) is 6.53. The Labute approximate surface area is 65.4 Å². The molecule has 0 radical (unpaired) electrons. The summed E-state index contributed by atoms with van der Waals surface area (Å²) in [6.45, 7) is 2.19. The predicted octanol–water partition coefficient (Wildman–Crippen LogP) is 0.510. The first-order valence-electron chi connectivity index (χ1n) is 3.80. The van der Waals surface area contributed by atoms with E-state index in [4.69, 9.17) is 10.2 Å². The minimum Gasteiger partial charge on any atom is -0.465 e. The molecule has 0 saturated carbocycles. The van der Waals surface area contributed by atoms with Gasteiger partial charge in [0.05, 0.1) is 12.1 Å². The monoisotopic (exact) mass is 159 g/mol. The van der Waals surface area contributed by atoms with Crippen molar-refractivity contribution in [3.05, 3.63) is 0 Å². The van der Waals surface area contributed by atoms with Crippen LogP contribution in [0.1, 0.15) is 19.8 Å². The van der Waals surface area contributed by atoms with Crippen molar-refractivity contribution in [3.8, 4) is 0 Å². The van der Waals surface area contributed by atoms with Crippen LogP contribution in [0.3, 0.4) is 0 Å². The maximum atomic E-state index is 10.5. The summed E-state index contributed by atoms with van der Waals surface area (Å²) < 4.78 is 0. The van der Waals surface area contributed by atoms with Gasteiger partial charge in [0.25, 0.3) is 0 Å². The molecular weight excluding hydrogens is 146 g/mol. The van der Waals surface area contributed by atoms with Crippen LogP contribution >= 0.6 is 0 Å². The molecule has 2 atom stereocenters. The Morgan fingerprint density at radius 1 is 1.73 bits per heavy atom. The van der Waals surface area contributed by atoms with E-state index in [0.29, 0.717) is 6.54 Å². The number of likely N-dealkylation sites (tertiary alicyclic amines) is 1. The first-order valence-corrected chi connectivity index (χ1v) is 3.80. The molecule has 1 heterocycles. The summed E-state index contributed by atoms with van der Waals surface area (Å²) in [6.07, 6.45) is 0.174. The largest absolute Gasteiger partial charge is 0.465 e. The van der Waals surface area contributed by atoms with Crippen molar-refractivity contribution in [3.63, 3.8) is 0 Å². The van der Waals surface area contributed by atoms with Gasteiger partial charge in [0.2, 0.25) is 0 Å². The van der Waals surface area contributed by atoms with Gasteiger partial charge in [-0.25, -0.2) is 4.79 Å². The second-order valence-electron chi connectivity index (χ2n) is 2.93. The normalized spacial score (nSPS) is 27.1. The van der Waals surface area contributed by atoms with Crippen molar-refractivity contribution < 1.29 is 15.0 Å². The van der Waals surface area contributed by atoms with E-state index in [0.717, 1.165) is 12.8 Å². The fourth-order valence-corrected chi connectivity index (χ4v) is 1.53. The van der Waals surface area contributed by atoms with Gasteiger partial charge in [0, 0.05) is 6.54 Å². The van der Waals surface area contributed by atoms with Gasteiger partial charge in [0.15, 0.2) is 0 Å². The van der Waals surface area contributed by atoms with Crippen LogP contribution in [0.15, 0.2) is 0 Å². The second-order valence-corrected chi connectivity index (χ2v) is 2.93. The minimum absolute atomic E-state index is 0.188. The molecule has 0 spiro atoms. The van der Waals surface area contributed by atoms with Gasteiger partial charge in [-0.1, -0.05) is 0 Å². The van der Waals surface area contributed by atoms with Crippen molar-refractivity contribution in [1.29, 1.82) is 0 Å². The van der Waals surface area contributed by atoms with Gasteiger partial charge in [-0.3, -0.25) is 0 Å². The lowest BCUT2D eigenvalue weighted by atomic mass is 10.1. The van der Waals surface area contributed by atoms with E-state index >= 15 is 0 Å². The van der Waals surface area contributed by atoms with E-state index in [-0.39, 0.29) is 6.04 Å². The molecule has 0 aromatic rings. The number of carboxylic acid groups (broad SMARTS) is 1. The molecule has 1 aliphatic rings. The molecular formula is C7H13NO3. The molecule has 4 heteroatoms. The standard InChI is InChI=1S/C7H13NO3/c1-5(9)6-3-2-4-8(6)7(10)11/h5-6,9H,2-4H2,1H3,(H,10,11)/t5-,6-/m0/s1. The Kier molecular flexibility index (Phi) is 2.34. The number of aliphatic hydroxyl groups excluding tert-OH is 1. The predicted molar refractivity (Wildman–Crippen MR) is 39.4 cm³/mol. The number of nitrogens with zero attached hydrogens (tertiary/aromatic N) is 1. The summed E-state index contributed by atoms with van der Waals surface area (Å²) in [7, 11) is 0. The molecule has 4 nitrogen and oxygen atoms in total. The van der Waals surface area contributed by atoms with Gasteiger partial charge < -0.3 is 15.1 Å². The molecule has 1 amide bonds. The number of aliphatic hydroxyl groups is 1. The SMILES string of the molecule is C[C@H](O)[C@@H]1CCCN1C(=O)O. The van der Waals surface area contributed by atoms with Crippen molar-refractivity contribution in [2.75, 3.05) is 6.54 Å². The topological polar surface area (TPSA) is 60.8 Å². The summed E-state index contributed by atoms with van der Waals surface area (Å²) >= 11 is 0. The Balaban J connectivity index is 2.58. The highest BCUT2D eigenvalue weighted by molar-refractivity contribution is 5.65. The number of carbonyl (C=O) groups is 1. The molecule has 64 valence electrons. The smallest absolute Gasteiger partial charge is 0.407 e. The Hall–Kier alpha value is -0.770. The lowest BCUT2D eigenvalue weighted by Crippen LogP contribution is -2.40. The molecule has 2 N–H and O–H groups in total. The van der Waals surface area contributed by atoms with E-state index < -0.39 is 12.2 Å². The van der Waals surface area contributed by atoms with Crippen LogP contribution < -0.4 is 0 Å². The molecule has 0 aromatic heterocycles. The van der Waals surface area contributed by atoms with E-state index in [2.05, 4.69) is 0 Å². The minimum atomic E-state index is -0.923. The van der Waals surface area contributed by atoms with Crippen LogP contribution in [0.2, 0.25) is 0 Å². The third-order valence-electron chi connectivity index (χ3n) is 2.10. The highest BCUT2D eigenvalue weighted by atomic mass is 16.4. The Morgan fingerprint density at radius 3 is 2.73 bits per heavy atom. The number of rotatable bonds is 1. The van der Waals surface area contributed by atoms with Gasteiger partial charge >= 0.3 is 6.09 Å². The fraction of sp³-hybridized carbons (Fsp3) is 0.857. The molecule has 1 rings (SSSR count). The first-order chi connectivity index (χ1) is 5.13.